The number of hydrogen-bond acceptors (Lipinski definition) is 13. The molecule has 2 rings (SSSR count). The van der Waals surface area contributed by atoms with Crippen LogP contribution >= 0.6 is 12.2 Å². The van der Waals surface area contributed by atoms with E-state index in [0.29, 0.717) is 45.7 Å². The van der Waals surface area contributed by atoms with E-state index in [2.05, 4.69) is 19.2 Å². The molecule has 62 heavy (non-hydrogen) atoms. The van der Waals surface area contributed by atoms with E-state index in [0.717, 1.165) is 12.0 Å². The van der Waals surface area contributed by atoms with E-state index < -0.39 is 48.4 Å². The predicted octanol–water partition coefficient (Wildman–Crippen LogP) is 9.50. The number of carbonyl (C=O) groups excluding carboxylic acids is 1. The molecule has 0 saturated carbocycles. The molecule has 0 amide bonds. The quantitative estimate of drug-likeness (QED) is 0.0221. The highest BCUT2D eigenvalue weighted by atomic mass is 32.1. The molecule has 14 unspecified atom stereocenters. The highest BCUT2D eigenvalue weighted by Crippen LogP contribution is 2.40. The van der Waals surface area contributed by atoms with Gasteiger partial charge in [-0.2, -0.15) is 0 Å². The van der Waals surface area contributed by atoms with Crippen LogP contribution in [0.1, 0.15) is 143 Å². The zero-order valence-corrected chi connectivity index (χ0v) is 41.9. The normalized spacial score (nSPS) is 29.1. The summed E-state index contributed by atoms with van der Waals surface area (Å²) in [5.41, 5.74) is -0.838. The van der Waals surface area contributed by atoms with Gasteiger partial charge in [-0.3, -0.25) is 4.79 Å². The van der Waals surface area contributed by atoms with Crippen LogP contribution in [0.5, 0.6) is 0 Å². The summed E-state index contributed by atoms with van der Waals surface area (Å²) in [5.74, 6) is -0.496. The zero-order valence-electron chi connectivity index (χ0n) is 41.1. The molecule has 13 nitrogen and oxygen atoms in total. The molecule has 1 N–H and O–H groups in total. The Kier molecular flexibility index (Phi) is 25.5. The Labute approximate surface area is 380 Å². The Morgan fingerprint density at radius 3 is 2.16 bits per heavy atom. The number of allylic oxidation sites excluding steroid dienone is 2. The number of ether oxygens (including phenoxy) is 11. The largest absolute Gasteiger partial charge is 0.460 e. The molecule has 0 aromatic carbocycles. The molecule has 360 valence electrons. The molecule has 14 atom stereocenters. The molecule has 1 fully saturated rings. The molecule has 2 aliphatic rings. The van der Waals surface area contributed by atoms with Crippen LogP contribution in [-0.2, 0) is 56.9 Å². The summed E-state index contributed by atoms with van der Waals surface area (Å²) >= 11 is 5.67. The van der Waals surface area contributed by atoms with Gasteiger partial charge >= 0.3 is 5.97 Å². The monoisotopic (exact) mass is 900 g/mol. The van der Waals surface area contributed by atoms with Crippen LogP contribution in [0.4, 0.5) is 0 Å². The van der Waals surface area contributed by atoms with Crippen molar-refractivity contribution in [3.05, 3.63) is 36.0 Å². The van der Waals surface area contributed by atoms with Crippen LogP contribution in [0, 0.1) is 11.8 Å². The van der Waals surface area contributed by atoms with Crippen LogP contribution in [0.2, 0.25) is 0 Å². The minimum absolute atomic E-state index is 0.00290. The van der Waals surface area contributed by atoms with Gasteiger partial charge in [-0.05, 0) is 133 Å². The topological polar surface area (TPSA) is 134 Å². The maximum absolute atomic E-state index is 13.9. The molecule has 0 spiro atoms. The fourth-order valence-electron chi connectivity index (χ4n) is 8.06. The van der Waals surface area contributed by atoms with Gasteiger partial charge in [-0.1, -0.05) is 45.1 Å². The number of hydrogen-bond donors (Lipinski definition) is 1. The van der Waals surface area contributed by atoms with Gasteiger partial charge in [-0.15, -0.1) is 0 Å². The summed E-state index contributed by atoms with van der Waals surface area (Å²) in [6.45, 7) is 33.6. The van der Waals surface area contributed by atoms with Crippen molar-refractivity contribution in [2.45, 2.75) is 222 Å². The summed E-state index contributed by atoms with van der Waals surface area (Å²) in [5, 5.41) is 3.46. The van der Waals surface area contributed by atoms with Crippen molar-refractivity contribution in [2.75, 3.05) is 26.4 Å². The number of epoxide rings is 1. The van der Waals surface area contributed by atoms with Crippen LogP contribution in [-0.4, -0.2) is 117 Å². The van der Waals surface area contributed by atoms with Gasteiger partial charge in [0.1, 0.15) is 17.8 Å². The van der Waals surface area contributed by atoms with Crippen molar-refractivity contribution in [3.63, 3.8) is 0 Å². The highest BCUT2D eigenvalue weighted by molar-refractivity contribution is 7.80. The van der Waals surface area contributed by atoms with Crippen molar-refractivity contribution >= 4 is 23.4 Å². The SMILES string of the molecule is CCOC(C)OC1CCC(C)(OC(C)OCC)C(OC(=S)NC(C)C)C=CC(C)C(C(C)=CC=CC(C)(CC2OC2C(C)C(CC)OC(C)OCC)OC(C)OCC)OC(=O)C1. The van der Waals surface area contributed by atoms with Crippen LogP contribution < -0.4 is 5.32 Å². The molecular formula is C48H85NO12S. The van der Waals surface area contributed by atoms with Crippen molar-refractivity contribution in [1.29, 1.82) is 0 Å². The first-order chi connectivity index (χ1) is 29.2. The average molecular weight is 900 g/mol. The predicted molar refractivity (Wildman–Crippen MR) is 246 cm³/mol. The van der Waals surface area contributed by atoms with E-state index in [9.17, 15) is 4.79 Å². The maximum atomic E-state index is 13.9. The molecule has 1 saturated heterocycles. The second-order valence-corrected chi connectivity index (χ2v) is 17.7. The second kappa shape index (κ2) is 28.1. The van der Waals surface area contributed by atoms with Crippen LogP contribution in [0.25, 0.3) is 0 Å². The van der Waals surface area contributed by atoms with Gasteiger partial charge in [0.05, 0.1) is 36.4 Å². The summed E-state index contributed by atoms with van der Waals surface area (Å²) in [7, 11) is 0. The number of cyclic esters (lactones) is 1. The summed E-state index contributed by atoms with van der Waals surface area (Å²) < 4.78 is 67.9. The van der Waals surface area contributed by atoms with Crippen molar-refractivity contribution < 1.29 is 56.9 Å². The average Bonchev–Trinajstić information content (AvgIpc) is 3.94. The Morgan fingerprint density at radius 1 is 0.935 bits per heavy atom. The third-order valence-corrected chi connectivity index (χ3v) is 11.4. The number of esters is 1. The highest BCUT2D eigenvalue weighted by Gasteiger charge is 2.49. The smallest absolute Gasteiger partial charge is 0.309 e. The molecule has 0 aromatic heterocycles. The van der Waals surface area contributed by atoms with Gasteiger partial charge in [0.2, 0.25) is 0 Å². The first-order valence-electron chi connectivity index (χ1n) is 23.2. The number of nitrogens with one attached hydrogen (secondary N) is 1. The fourth-order valence-corrected chi connectivity index (χ4v) is 8.39. The lowest BCUT2D eigenvalue weighted by atomic mass is 9.88. The lowest BCUT2D eigenvalue weighted by molar-refractivity contribution is -0.223. The third kappa shape index (κ3) is 20.0. The first-order valence-corrected chi connectivity index (χ1v) is 23.6. The summed E-state index contributed by atoms with van der Waals surface area (Å²) in [6, 6.07) is 0.0628. The first kappa shape index (κ1) is 56.2. The minimum atomic E-state index is -0.937. The van der Waals surface area contributed by atoms with E-state index >= 15 is 0 Å². The van der Waals surface area contributed by atoms with Crippen LogP contribution in [0.15, 0.2) is 36.0 Å². The maximum Gasteiger partial charge on any atom is 0.309 e. The van der Waals surface area contributed by atoms with Gasteiger partial charge in [0.15, 0.2) is 25.2 Å². The third-order valence-electron chi connectivity index (χ3n) is 11.1. The lowest BCUT2D eigenvalue weighted by Gasteiger charge is -2.39. The van der Waals surface area contributed by atoms with Crippen LogP contribution in [0.3, 0.4) is 0 Å². The molecule has 0 aliphatic carbocycles. The van der Waals surface area contributed by atoms with Gasteiger partial charge in [0.25, 0.3) is 5.17 Å². The fraction of sp³-hybridized carbons (Fsp3) is 0.833. The second-order valence-electron chi connectivity index (χ2n) is 17.3. The zero-order chi connectivity index (χ0) is 46.6. The van der Waals surface area contributed by atoms with Gasteiger partial charge < -0.3 is 57.4 Å². The van der Waals surface area contributed by atoms with E-state index in [1.807, 2.05) is 127 Å². The van der Waals surface area contributed by atoms with E-state index in [-0.39, 0.29) is 60.0 Å². The van der Waals surface area contributed by atoms with E-state index in [4.69, 9.17) is 64.3 Å². The lowest BCUT2D eigenvalue weighted by Crippen LogP contribution is -2.49. The molecular weight excluding hydrogens is 815 g/mol. The number of thiocarbonyl (C=S) groups is 1. The van der Waals surface area contributed by atoms with Gasteiger partial charge in [-0.25, -0.2) is 0 Å². The van der Waals surface area contributed by atoms with Crippen molar-refractivity contribution in [2.24, 2.45) is 11.8 Å². The Morgan fingerprint density at radius 2 is 1.55 bits per heavy atom. The Bertz CT molecular complexity index is 1400. The Balaban J connectivity index is 2.54. The molecule has 14 heteroatoms. The molecule has 0 radical (unpaired) electrons. The van der Waals surface area contributed by atoms with Gasteiger partial charge in [0, 0.05) is 50.7 Å². The molecule has 0 bridgehead atoms. The molecule has 2 heterocycles. The summed E-state index contributed by atoms with van der Waals surface area (Å²) in [6.07, 6.45) is 8.70. The standard InChI is InChI=1S/C48H85NO12S/c1-17-40(56-36(12)52-19-3)34(10)45-41(57-45)30-47(15,60-37(13)53-20-4)27-22-23-32(8)44-33(9)24-25-42(58-46(62)49-31(6)7)48(16,61-38(14)54-21-5)28-26-39(29-43(50)59-44)55-35(11)51-18-2/h22-25,27,31,33-42,44-45H,17-21,26,28-30H2,1-16H3,(H,49,62). The molecule has 0 aromatic rings. The Hall–Kier alpha value is -1.98. The van der Waals surface area contributed by atoms with E-state index in [1.165, 1.54) is 0 Å². The number of rotatable bonds is 26. The minimum Gasteiger partial charge on any atom is -0.460 e. The summed E-state index contributed by atoms with van der Waals surface area (Å²) in [4.78, 5) is 13.9. The van der Waals surface area contributed by atoms with Crippen molar-refractivity contribution in [3.8, 4) is 0 Å². The van der Waals surface area contributed by atoms with E-state index in [1.54, 1.807) is 0 Å². The molecule has 2 aliphatic heterocycles. The van der Waals surface area contributed by atoms with Crippen molar-refractivity contribution in [1.82, 2.24) is 5.32 Å². The number of carbonyl (C=O) groups is 1.